The average Bonchev–Trinajstić information content (AvgIpc) is 2.72. The highest BCUT2D eigenvalue weighted by Gasteiger charge is 2.23. The molecule has 0 spiro atoms. The van der Waals surface area contributed by atoms with Gasteiger partial charge in [0.05, 0.1) is 17.4 Å². The Hall–Kier alpha value is -3.06. The summed E-state index contributed by atoms with van der Waals surface area (Å²) in [5, 5.41) is 0.634. The third-order valence-electron chi connectivity index (χ3n) is 4.98. The summed E-state index contributed by atoms with van der Waals surface area (Å²) in [6, 6.07) is 12.8. The number of nitrogens with zero attached hydrogens (tertiary/aromatic N) is 5. The standard InChI is InChI=1S/C20H21N5O2/c1-23-18(22-16-7-3-2-6-15(16)19(23)26)14-24-10-12-25(13-11-24)20(27)17-8-4-5-9-21-17/h2-9H,10-14H2,1H3. The number of amides is 1. The lowest BCUT2D eigenvalue weighted by molar-refractivity contribution is 0.0618. The van der Waals surface area contributed by atoms with E-state index in [9.17, 15) is 9.59 Å². The van der Waals surface area contributed by atoms with Gasteiger partial charge in [-0.3, -0.25) is 24.0 Å². The van der Waals surface area contributed by atoms with Crippen LogP contribution in [0.5, 0.6) is 0 Å². The molecule has 4 rings (SSSR count). The Morgan fingerprint density at radius 3 is 2.52 bits per heavy atom. The number of carbonyl (C=O) groups excluding carboxylic acids is 1. The van der Waals surface area contributed by atoms with Crippen molar-refractivity contribution in [1.82, 2.24) is 24.3 Å². The predicted molar refractivity (Wildman–Crippen MR) is 102 cm³/mol. The molecule has 0 unspecified atom stereocenters. The Balaban J connectivity index is 1.45. The molecule has 27 heavy (non-hydrogen) atoms. The minimum atomic E-state index is -0.0357. The highest BCUT2D eigenvalue weighted by molar-refractivity contribution is 5.92. The molecule has 1 aliphatic rings. The fourth-order valence-corrected chi connectivity index (χ4v) is 3.37. The first-order valence-electron chi connectivity index (χ1n) is 9.01. The van der Waals surface area contributed by atoms with Crippen molar-refractivity contribution in [3.8, 4) is 0 Å². The monoisotopic (exact) mass is 363 g/mol. The minimum absolute atomic E-state index is 0.0282. The molecule has 1 aliphatic heterocycles. The van der Waals surface area contributed by atoms with E-state index in [-0.39, 0.29) is 11.5 Å². The van der Waals surface area contributed by atoms with Crippen molar-refractivity contribution in [2.45, 2.75) is 6.54 Å². The van der Waals surface area contributed by atoms with E-state index in [1.54, 1.807) is 36.0 Å². The van der Waals surface area contributed by atoms with E-state index in [4.69, 9.17) is 0 Å². The second kappa shape index (κ2) is 7.28. The normalized spacial score (nSPS) is 15.2. The fraction of sp³-hybridized carbons (Fsp3) is 0.300. The summed E-state index contributed by atoms with van der Waals surface area (Å²) in [7, 11) is 1.76. The van der Waals surface area contributed by atoms with E-state index in [0.717, 1.165) is 24.4 Å². The number of aromatic nitrogens is 3. The van der Waals surface area contributed by atoms with Crippen molar-refractivity contribution >= 4 is 16.8 Å². The molecular formula is C20H21N5O2. The number of piperazine rings is 1. The molecule has 1 amide bonds. The van der Waals surface area contributed by atoms with Gasteiger partial charge in [-0.05, 0) is 24.3 Å². The van der Waals surface area contributed by atoms with Gasteiger partial charge in [0.2, 0.25) is 0 Å². The molecule has 1 aromatic carbocycles. The summed E-state index contributed by atoms with van der Waals surface area (Å²) in [4.78, 5) is 37.9. The van der Waals surface area contributed by atoms with Crippen LogP contribution in [-0.4, -0.2) is 56.4 Å². The van der Waals surface area contributed by atoms with Crippen LogP contribution in [0, 0.1) is 0 Å². The van der Waals surface area contributed by atoms with Gasteiger partial charge in [0, 0.05) is 39.4 Å². The van der Waals surface area contributed by atoms with E-state index in [0.29, 0.717) is 30.7 Å². The Morgan fingerprint density at radius 1 is 1.04 bits per heavy atom. The van der Waals surface area contributed by atoms with Crippen LogP contribution < -0.4 is 5.56 Å². The Bertz CT molecular complexity index is 1020. The number of rotatable bonds is 3. The molecule has 0 N–H and O–H groups in total. The molecule has 3 heterocycles. The number of hydrogen-bond donors (Lipinski definition) is 0. The summed E-state index contributed by atoms with van der Waals surface area (Å²) in [5.74, 6) is 0.703. The maximum absolute atomic E-state index is 12.5. The Kier molecular flexibility index (Phi) is 4.68. The van der Waals surface area contributed by atoms with E-state index in [2.05, 4.69) is 14.9 Å². The maximum atomic E-state index is 12.5. The van der Waals surface area contributed by atoms with Crippen LogP contribution in [0.3, 0.4) is 0 Å². The summed E-state index contributed by atoms with van der Waals surface area (Å²) >= 11 is 0. The summed E-state index contributed by atoms with van der Waals surface area (Å²) < 4.78 is 1.62. The van der Waals surface area contributed by atoms with E-state index in [1.165, 1.54) is 0 Å². The first-order valence-corrected chi connectivity index (χ1v) is 9.01. The molecule has 1 saturated heterocycles. The SMILES string of the molecule is Cn1c(CN2CCN(C(=O)c3ccccn3)CC2)nc2ccccc2c1=O. The van der Waals surface area contributed by atoms with E-state index in [1.807, 2.05) is 29.2 Å². The van der Waals surface area contributed by atoms with Crippen LogP contribution >= 0.6 is 0 Å². The molecule has 7 heteroatoms. The topological polar surface area (TPSA) is 71.3 Å². The highest BCUT2D eigenvalue weighted by atomic mass is 16.2. The van der Waals surface area contributed by atoms with Crippen LogP contribution in [0.4, 0.5) is 0 Å². The van der Waals surface area contributed by atoms with Crippen molar-refractivity contribution in [1.29, 1.82) is 0 Å². The van der Waals surface area contributed by atoms with Crippen LogP contribution in [0.25, 0.3) is 10.9 Å². The zero-order valence-electron chi connectivity index (χ0n) is 15.2. The smallest absolute Gasteiger partial charge is 0.272 e. The predicted octanol–water partition coefficient (Wildman–Crippen LogP) is 1.29. The van der Waals surface area contributed by atoms with Gasteiger partial charge in [0.15, 0.2) is 0 Å². The highest BCUT2D eigenvalue weighted by Crippen LogP contribution is 2.12. The Morgan fingerprint density at radius 2 is 1.78 bits per heavy atom. The van der Waals surface area contributed by atoms with E-state index >= 15 is 0 Å². The van der Waals surface area contributed by atoms with Crippen molar-refractivity contribution < 1.29 is 4.79 Å². The summed E-state index contributed by atoms with van der Waals surface area (Å²) in [6.45, 7) is 3.33. The van der Waals surface area contributed by atoms with Gasteiger partial charge in [-0.2, -0.15) is 0 Å². The van der Waals surface area contributed by atoms with Crippen molar-refractivity contribution in [3.63, 3.8) is 0 Å². The van der Waals surface area contributed by atoms with Crippen LogP contribution in [-0.2, 0) is 13.6 Å². The lowest BCUT2D eigenvalue weighted by Gasteiger charge is -2.34. The first-order chi connectivity index (χ1) is 13.1. The zero-order chi connectivity index (χ0) is 18.8. The second-order valence-corrected chi connectivity index (χ2v) is 6.69. The number of fused-ring (bicyclic) bond motifs is 1. The molecule has 7 nitrogen and oxygen atoms in total. The lowest BCUT2D eigenvalue weighted by Crippen LogP contribution is -2.48. The van der Waals surface area contributed by atoms with Crippen molar-refractivity contribution in [2.24, 2.45) is 7.05 Å². The minimum Gasteiger partial charge on any atom is -0.335 e. The molecule has 1 fully saturated rings. The molecule has 3 aromatic rings. The van der Waals surface area contributed by atoms with Crippen LogP contribution in [0.2, 0.25) is 0 Å². The second-order valence-electron chi connectivity index (χ2n) is 6.69. The molecular weight excluding hydrogens is 342 g/mol. The quantitative estimate of drug-likeness (QED) is 0.701. The number of carbonyl (C=O) groups is 1. The van der Waals surface area contributed by atoms with Gasteiger partial charge < -0.3 is 4.90 Å². The van der Waals surface area contributed by atoms with Gasteiger partial charge >= 0.3 is 0 Å². The molecule has 138 valence electrons. The molecule has 0 atom stereocenters. The molecule has 0 aliphatic carbocycles. The molecule has 0 saturated carbocycles. The molecule has 2 aromatic heterocycles. The number of para-hydroxylation sites is 1. The van der Waals surface area contributed by atoms with Gasteiger partial charge in [-0.25, -0.2) is 4.98 Å². The lowest BCUT2D eigenvalue weighted by atomic mass is 10.2. The number of benzene rings is 1. The number of hydrogen-bond acceptors (Lipinski definition) is 5. The van der Waals surface area contributed by atoms with Crippen molar-refractivity contribution in [2.75, 3.05) is 26.2 Å². The van der Waals surface area contributed by atoms with Crippen molar-refractivity contribution in [3.05, 3.63) is 70.5 Å². The fourth-order valence-electron chi connectivity index (χ4n) is 3.37. The van der Waals surface area contributed by atoms with E-state index < -0.39 is 0 Å². The first kappa shape index (κ1) is 17.4. The maximum Gasteiger partial charge on any atom is 0.272 e. The average molecular weight is 363 g/mol. The Labute approximate surface area is 156 Å². The van der Waals surface area contributed by atoms with Gasteiger partial charge in [0.25, 0.3) is 11.5 Å². The summed E-state index contributed by atoms with van der Waals surface area (Å²) in [5.41, 5.74) is 1.17. The van der Waals surface area contributed by atoms with Crippen LogP contribution in [0.1, 0.15) is 16.3 Å². The van der Waals surface area contributed by atoms with Gasteiger partial charge in [0.1, 0.15) is 11.5 Å². The molecule has 0 radical (unpaired) electrons. The zero-order valence-corrected chi connectivity index (χ0v) is 15.2. The molecule has 0 bridgehead atoms. The largest absolute Gasteiger partial charge is 0.335 e. The van der Waals surface area contributed by atoms with Crippen LogP contribution in [0.15, 0.2) is 53.5 Å². The van der Waals surface area contributed by atoms with Gasteiger partial charge in [-0.15, -0.1) is 0 Å². The third kappa shape index (κ3) is 3.46. The van der Waals surface area contributed by atoms with Gasteiger partial charge in [-0.1, -0.05) is 18.2 Å². The summed E-state index contributed by atoms with van der Waals surface area (Å²) in [6.07, 6.45) is 1.63. The third-order valence-corrected chi connectivity index (χ3v) is 4.98. The number of pyridine rings is 1.